The van der Waals surface area contributed by atoms with Gasteiger partial charge in [0.05, 0.1) is 15.7 Å². The van der Waals surface area contributed by atoms with Crippen molar-refractivity contribution in [2.45, 2.75) is 10.6 Å². The van der Waals surface area contributed by atoms with Crippen molar-refractivity contribution in [2.75, 3.05) is 5.32 Å². The van der Waals surface area contributed by atoms with E-state index in [1.54, 1.807) is 25.2 Å². The first-order valence-electron chi connectivity index (χ1n) is 7.47. The van der Waals surface area contributed by atoms with Crippen LogP contribution in [0.15, 0.2) is 56.6 Å². The number of rotatable bonds is 5. The molecule has 0 amide bonds. The molecule has 5 nitrogen and oxygen atoms in total. The highest BCUT2D eigenvalue weighted by Gasteiger charge is 2.12. The summed E-state index contributed by atoms with van der Waals surface area (Å²) in [6.45, 7) is 0. The molecule has 1 aromatic heterocycles. The predicted molar refractivity (Wildman–Crippen MR) is 111 cm³/mol. The average Bonchev–Trinajstić information content (AvgIpc) is 2.63. The fourth-order valence-electron chi connectivity index (χ4n) is 2.11. The van der Waals surface area contributed by atoms with E-state index in [-0.39, 0.29) is 11.5 Å². The Labute approximate surface area is 172 Å². The third-order valence-corrected chi connectivity index (χ3v) is 5.89. The molecule has 134 valence electrons. The molecule has 0 unspecified atom stereocenters. The maximum absolute atomic E-state index is 12.5. The van der Waals surface area contributed by atoms with Gasteiger partial charge in [0.15, 0.2) is 0 Å². The minimum Gasteiger partial charge on any atom is -0.323 e. The van der Waals surface area contributed by atoms with Crippen molar-refractivity contribution in [3.8, 4) is 0 Å². The van der Waals surface area contributed by atoms with Gasteiger partial charge in [0.25, 0.3) is 5.56 Å². The van der Waals surface area contributed by atoms with E-state index >= 15 is 0 Å². The number of nitrogens with zero attached hydrogens (tertiary/aromatic N) is 3. The molecule has 0 aliphatic heterocycles. The molecule has 0 fully saturated rings. The zero-order valence-electron chi connectivity index (χ0n) is 13.5. The Kier molecular flexibility index (Phi) is 6.24. The van der Waals surface area contributed by atoms with Crippen molar-refractivity contribution in [1.29, 1.82) is 0 Å². The van der Waals surface area contributed by atoms with E-state index in [1.807, 2.05) is 24.3 Å². The van der Waals surface area contributed by atoms with Crippen LogP contribution in [-0.2, 0) is 12.8 Å². The van der Waals surface area contributed by atoms with E-state index in [0.717, 1.165) is 9.37 Å². The van der Waals surface area contributed by atoms with Crippen LogP contribution in [0.5, 0.6) is 0 Å². The Bertz CT molecular complexity index is 995. The summed E-state index contributed by atoms with van der Waals surface area (Å²) in [6, 6.07) is 13.0. The smallest absolute Gasteiger partial charge is 0.277 e. The SMILES string of the molecule is Cn1c(Nc2cccc(Cl)c2Cl)nnc(CSc2ccc(Br)cc2)c1=O. The maximum Gasteiger partial charge on any atom is 0.277 e. The van der Waals surface area contributed by atoms with Gasteiger partial charge in [-0.3, -0.25) is 9.36 Å². The number of halogens is 3. The number of thioether (sulfide) groups is 1. The summed E-state index contributed by atoms with van der Waals surface area (Å²) in [7, 11) is 1.63. The molecule has 0 radical (unpaired) electrons. The Balaban J connectivity index is 1.79. The van der Waals surface area contributed by atoms with Gasteiger partial charge in [-0.25, -0.2) is 0 Å². The van der Waals surface area contributed by atoms with Crippen molar-refractivity contribution in [1.82, 2.24) is 14.8 Å². The Hall–Kier alpha value is -1.54. The minimum absolute atomic E-state index is 0.217. The fourth-order valence-corrected chi connectivity index (χ4v) is 3.54. The molecule has 0 saturated heterocycles. The Morgan fingerprint density at radius 2 is 1.88 bits per heavy atom. The second kappa shape index (κ2) is 8.43. The lowest BCUT2D eigenvalue weighted by atomic mass is 10.3. The molecule has 26 heavy (non-hydrogen) atoms. The number of nitrogens with one attached hydrogen (secondary N) is 1. The zero-order chi connectivity index (χ0) is 18.7. The molecule has 0 spiro atoms. The molecule has 0 saturated carbocycles. The number of anilines is 2. The van der Waals surface area contributed by atoms with Gasteiger partial charge in [0.2, 0.25) is 5.95 Å². The molecule has 0 aliphatic carbocycles. The lowest BCUT2D eigenvalue weighted by molar-refractivity contribution is 0.764. The van der Waals surface area contributed by atoms with E-state index in [0.29, 0.717) is 27.2 Å². The summed E-state index contributed by atoms with van der Waals surface area (Å²) in [5, 5.41) is 11.9. The fraction of sp³-hybridized carbons (Fsp3) is 0.118. The van der Waals surface area contributed by atoms with E-state index in [9.17, 15) is 4.79 Å². The van der Waals surface area contributed by atoms with Crippen LogP contribution in [0.2, 0.25) is 10.0 Å². The Morgan fingerprint density at radius 3 is 2.62 bits per heavy atom. The molecule has 1 N–H and O–H groups in total. The molecular formula is C17H13BrCl2N4OS. The molecule has 0 atom stereocenters. The summed E-state index contributed by atoms with van der Waals surface area (Å²) in [5.74, 6) is 0.719. The van der Waals surface area contributed by atoms with Crippen molar-refractivity contribution in [2.24, 2.45) is 7.05 Å². The van der Waals surface area contributed by atoms with Gasteiger partial charge in [-0.2, -0.15) is 0 Å². The lowest BCUT2D eigenvalue weighted by Gasteiger charge is -2.12. The van der Waals surface area contributed by atoms with Gasteiger partial charge in [0.1, 0.15) is 5.69 Å². The molecule has 1 heterocycles. The van der Waals surface area contributed by atoms with E-state index in [1.165, 1.54) is 16.3 Å². The molecule has 3 rings (SSSR count). The largest absolute Gasteiger partial charge is 0.323 e. The molecular weight excluding hydrogens is 459 g/mol. The van der Waals surface area contributed by atoms with Crippen LogP contribution in [0, 0.1) is 0 Å². The summed E-state index contributed by atoms with van der Waals surface area (Å²) in [5.41, 5.74) is 0.717. The van der Waals surface area contributed by atoms with Crippen LogP contribution in [0.4, 0.5) is 11.6 Å². The Morgan fingerprint density at radius 1 is 1.15 bits per heavy atom. The highest BCUT2D eigenvalue weighted by atomic mass is 79.9. The van der Waals surface area contributed by atoms with E-state index in [4.69, 9.17) is 23.2 Å². The maximum atomic E-state index is 12.5. The van der Waals surface area contributed by atoms with Crippen LogP contribution in [0.25, 0.3) is 0 Å². The van der Waals surface area contributed by atoms with E-state index in [2.05, 4.69) is 31.4 Å². The summed E-state index contributed by atoms with van der Waals surface area (Å²) in [4.78, 5) is 13.6. The lowest BCUT2D eigenvalue weighted by Crippen LogP contribution is -2.26. The zero-order valence-corrected chi connectivity index (χ0v) is 17.5. The summed E-state index contributed by atoms with van der Waals surface area (Å²) >= 11 is 17.1. The van der Waals surface area contributed by atoms with Crippen LogP contribution in [0.3, 0.4) is 0 Å². The number of hydrogen-bond acceptors (Lipinski definition) is 5. The van der Waals surface area contributed by atoms with Crippen LogP contribution < -0.4 is 10.9 Å². The van der Waals surface area contributed by atoms with Gasteiger partial charge < -0.3 is 5.32 Å². The molecule has 9 heteroatoms. The highest BCUT2D eigenvalue weighted by Crippen LogP contribution is 2.31. The molecule has 3 aromatic rings. The van der Waals surface area contributed by atoms with Crippen molar-refractivity contribution < 1.29 is 0 Å². The molecule has 0 aliphatic rings. The van der Waals surface area contributed by atoms with E-state index < -0.39 is 0 Å². The average molecular weight is 472 g/mol. The first-order valence-corrected chi connectivity index (χ1v) is 10.0. The van der Waals surface area contributed by atoms with Gasteiger partial charge in [0, 0.05) is 22.2 Å². The number of benzene rings is 2. The first-order chi connectivity index (χ1) is 12.5. The molecule has 2 aromatic carbocycles. The van der Waals surface area contributed by atoms with Gasteiger partial charge in [-0.05, 0) is 36.4 Å². The second-order valence-corrected chi connectivity index (χ2v) is 8.05. The summed E-state index contributed by atoms with van der Waals surface area (Å²) < 4.78 is 2.41. The quantitative estimate of drug-likeness (QED) is 0.513. The van der Waals surface area contributed by atoms with Crippen molar-refractivity contribution >= 4 is 62.5 Å². The van der Waals surface area contributed by atoms with Gasteiger partial charge >= 0.3 is 0 Å². The monoisotopic (exact) mass is 470 g/mol. The first kappa shape index (κ1) is 19.2. The third-order valence-electron chi connectivity index (χ3n) is 3.52. The van der Waals surface area contributed by atoms with Gasteiger partial charge in [-0.15, -0.1) is 22.0 Å². The number of aromatic nitrogens is 3. The van der Waals surface area contributed by atoms with Crippen LogP contribution >= 0.6 is 50.9 Å². The predicted octanol–water partition coefficient (Wildman–Crippen LogP) is 5.28. The summed E-state index contributed by atoms with van der Waals surface area (Å²) in [6.07, 6.45) is 0. The van der Waals surface area contributed by atoms with Gasteiger partial charge in [-0.1, -0.05) is 45.2 Å². The van der Waals surface area contributed by atoms with Crippen LogP contribution in [-0.4, -0.2) is 14.8 Å². The molecule has 0 bridgehead atoms. The van der Waals surface area contributed by atoms with Crippen molar-refractivity contribution in [3.05, 3.63) is 73.0 Å². The topological polar surface area (TPSA) is 59.8 Å². The van der Waals surface area contributed by atoms with Crippen molar-refractivity contribution in [3.63, 3.8) is 0 Å². The second-order valence-electron chi connectivity index (χ2n) is 5.30. The number of hydrogen-bond donors (Lipinski definition) is 1. The highest BCUT2D eigenvalue weighted by molar-refractivity contribution is 9.10. The standard InChI is InChI=1S/C17H13BrCl2N4OS/c1-24-16(25)14(9-26-11-7-5-10(18)6-8-11)22-23-17(24)21-13-4-2-3-12(19)15(13)20/h2-8H,9H2,1H3,(H,21,23). The third kappa shape index (κ3) is 4.40. The van der Waals surface area contributed by atoms with Crippen LogP contribution in [0.1, 0.15) is 5.69 Å². The minimum atomic E-state index is -0.217. The normalized spacial score (nSPS) is 10.8.